The highest BCUT2D eigenvalue weighted by Gasteiger charge is 2.23. The Morgan fingerprint density at radius 1 is 1.19 bits per heavy atom. The number of aliphatic hydroxyl groups excluding tert-OH is 1. The molecule has 1 N–H and O–H groups in total. The molecule has 0 heterocycles. The number of benzene rings is 2. The minimum atomic E-state index is -0.443. The summed E-state index contributed by atoms with van der Waals surface area (Å²) < 4.78 is 5.73. The summed E-state index contributed by atoms with van der Waals surface area (Å²) in [5, 5.41) is 12.5. The van der Waals surface area contributed by atoms with E-state index in [0.717, 1.165) is 11.1 Å². The fourth-order valence-electron chi connectivity index (χ4n) is 2.81. The molecule has 0 spiro atoms. The summed E-state index contributed by atoms with van der Waals surface area (Å²) in [5.41, 5.74) is 0. The zero-order valence-electron chi connectivity index (χ0n) is 12.5. The molecule has 0 aromatic heterocycles. The maximum absolute atomic E-state index is 10.1. The van der Waals surface area contributed by atoms with Crippen LogP contribution in [-0.2, 0) is 0 Å². The van der Waals surface area contributed by atoms with Crippen LogP contribution in [0.4, 0.5) is 0 Å². The van der Waals surface area contributed by atoms with Crippen LogP contribution in [-0.4, -0.2) is 42.4 Å². The molecule has 3 nitrogen and oxygen atoms in total. The molecule has 2 aromatic rings. The molecule has 1 saturated carbocycles. The average molecular weight is 285 g/mol. The zero-order chi connectivity index (χ0) is 14.7. The van der Waals surface area contributed by atoms with Crippen molar-refractivity contribution in [1.82, 2.24) is 4.90 Å². The largest absolute Gasteiger partial charge is 0.491 e. The van der Waals surface area contributed by atoms with E-state index in [-0.39, 0.29) is 0 Å². The lowest BCUT2D eigenvalue weighted by atomic mass is 9.92. The van der Waals surface area contributed by atoms with Gasteiger partial charge in [-0.3, -0.25) is 0 Å². The van der Waals surface area contributed by atoms with Gasteiger partial charge in [-0.05, 0) is 42.8 Å². The van der Waals surface area contributed by atoms with E-state index in [4.69, 9.17) is 4.74 Å². The Balaban J connectivity index is 1.53. The van der Waals surface area contributed by atoms with Gasteiger partial charge in [-0.25, -0.2) is 0 Å². The van der Waals surface area contributed by atoms with Crippen molar-refractivity contribution in [3.63, 3.8) is 0 Å². The van der Waals surface area contributed by atoms with Crippen molar-refractivity contribution in [2.75, 3.05) is 20.2 Å². The number of aliphatic hydroxyl groups is 1. The normalized spacial score (nSPS) is 16.9. The van der Waals surface area contributed by atoms with Gasteiger partial charge in [0.2, 0.25) is 0 Å². The minimum absolute atomic E-state index is 0.343. The number of ether oxygens (including phenoxy) is 1. The highest BCUT2D eigenvalue weighted by molar-refractivity contribution is 5.83. The van der Waals surface area contributed by atoms with Gasteiger partial charge >= 0.3 is 0 Å². The summed E-state index contributed by atoms with van der Waals surface area (Å²) >= 11 is 0. The molecule has 1 atom stereocenters. The molecule has 3 rings (SSSR count). The molecule has 1 aliphatic carbocycles. The van der Waals surface area contributed by atoms with Crippen molar-refractivity contribution in [2.24, 2.45) is 0 Å². The van der Waals surface area contributed by atoms with Gasteiger partial charge in [0.05, 0.1) is 0 Å². The lowest BCUT2D eigenvalue weighted by molar-refractivity contribution is 0.0477. The lowest BCUT2D eigenvalue weighted by Crippen LogP contribution is -2.42. The summed E-state index contributed by atoms with van der Waals surface area (Å²) in [6, 6.07) is 14.9. The van der Waals surface area contributed by atoms with Crippen molar-refractivity contribution >= 4 is 10.8 Å². The van der Waals surface area contributed by atoms with Crippen LogP contribution < -0.4 is 4.74 Å². The van der Waals surface area contributed by atoms with Gasteiger partial charge in [-0.15, -0.1) is 0 Å². The maximum atomic E-state index is 10.1. The lowest BCUT2D eigenvalue weighted by Gasteiger charge is -2.35. The smallest absolute Gasteiger partial charge is 0.120 e. The van der Waals surface area contributed by atoms with E-state index < -0.39 is 6.10 Å². The molecule has 0 bridgehead atoms. The van der Waals surface area contributed by atoms with E-state index in [1.54, 1.807) is 0 Å². The number of fused-ring (bicyclic) bond motifs is 1. The van der Waals surface area contributed by atoms with Gasteiger partial charge in [0.1, 0.15) is 18.5 Å². The molecule has 0 radical (unpaired) electrons. The summed E-state index contributed by atoms with van der Waals surface area (Å²) in [6.45, 7) is 1.02. The summed E-state index contributed by atoms with van der Waals surface area (Å²) in [4.78, 5) is 2.25. The third-order valence-electron chi connectivity index (χ3n) is 4.36. The first-order chi connectivity index (χ1) is 10.2. The van der Waals surface area contributed by atoms with Crippen LogP contribution in [0.3, 0.4) is 0 Å². The van der Waals surface area contributed by atoms with Gasteiger partial charge in [-0.1, -0.05) is 36.8 Å². The molecule has 1 unspecified atom stereocenters. The fourth-order valence-corrected chi connectivity index (χ4v) is 2.81. The number of nitrogens with zero attached hydrogens (tertiary/aromatic N) is 1. The van der Waals surface area contributed by atoms with Crippen molar-refractivity contribution in [3.05, 3.63) is 42.5 Å². The first-order valence-electron chi connectivity index (χ1n) is 7.72. The Kier molecular flexibility index (Phi) is 4.42. The van der Waals surface area contributed by atoms with E-state index in [2.05, 4.69) is 30.1 Å². The van der Waals surface area contributed by atoms with Crippen molar-refractivity contribution in [2.45, 2.75) is 31.4 Å². The molecular formula is C18H23NO2. The molecule has 0 amide bonds. The van der Waals surface area contributed by atoms with Crippen LogP contribution in [0, 0.1) is 0 Å². The topological polar surface area (TPSA) is 32.7 Å². The molecule has 1 fully saturated rings. The van der Waals surface area contributed by atoms with Crippen LogP contribution in [0.15, 0.2) is 42.5 Å². The minimum Gasteiger partial charge on any atom is -0.491 e. The average Bonchev–Trinajstić information content (AvgIpc) is 2.43. The second-order valence-electron chi connectivity index (χ2n) is 6.00. The van der Waals surface area contributed by atoms with Gasteiger partial charge in [0.15, 0.2) is 0 Å². The van der Waals surface area contributed by atoms with Gasteiger partial charge in [0, 0.05) is 12.6 Å². The van der Waals surface area contributed by atoms with Gasteiger partial charge in [0.25, 0.3) is 0 Å². The third kappa shape index (κ3) is 3.55. The van der Waals surface area contributed by atoms with Crippen LogP contribution in [0.5, 0.6) is 5.75 Å². The summed E-state index contributed by atoms with van der Waals surface area (Å²) in [6.07, 6.45) is 3.39. The molecule has 21 heavy (non-hydrogen) atoms. The van der Waals surface area contributed by atoms with Crippen LogP contribution in [0.1, 0.15) is 19.3 Å². The van der Waals surface area contributed by atoms with Crippen LogP contribution in [0.25, 0.3) is 10.8 Å². The Morgan fingerprint density at radius 3 is 2.67 bits per heavy atom. The molecular weight excluding hydrogens is 262 g/mol. The fraction of sp³-hybridized carbons (Fsp3) is 0.444. The predicted octanol–water partition coefficient (Wildman–Crippen LogP) is 3.06. The SMILES string of the molecule is CN(CC(O)COc1ccc2ccccc2c1)C1CCC1. The van der Waals surface area contributed by atoms with E-state index in [1.807, 2.05) is 24.3 Å². The van der Waals surface area contributed by atoms with Gasteiger partial charge in [-0.2, -0.15) is 0 Å². The number of likely N-dealkylation sites (N-methyl/N-ethyl adjacent to an activating group) is 1. The highest BCUT2D eigenvalue weighted by Crippen LogP contribution is 2.24. The second kappa shape index (κ2) is 6.46. The number of hydrogen-bond donors (Lipinski definition) is 1. The Hall–Kier alpha value is -1.58. The monoisotopic (exact) mass is 285 g/mol. The molecule has 0 saturated heterocycles. The maximum Gasteiger partial charge on any atom is 0.120 e. The third-order valence-corrected chi connectivity index (χ3v) is 4.36. The first-order valence-corrected chi connectivity index (χ1v) is 7.72. The Bertz CT molecular complexity index is 595. The van der Waals surface area contributed by atoms with Crippen molar-refractivity contribution < 1.29 is 9.84 Å². The molecule has 1 aliphatic rings. The second-order valence-corrected chi connectivity index (χ2v) is 6.00. The predicted molar refractivity (Wildman–Crippen MR) is 85.7 cm³/mol. The van der Waals surface area contributed by atoms with Gasteiger partial charge < -0.3 is 14.7 Å². The van der Waals surface area contributed by atoms with E-state index in [0.29, 0.717) is 19.2 Å². The van der Waals surface area contributed by atoms with E-state index in [9.17, 15) is 5.11 Å². The van der Waals surface area contributed by atoms with E-state index >= 15 is 0 Å². The number of hydrogen-bond acceptors (Lipinski definition) is 3. The van der Waals surface area contributed by atoms with Crippen molar-refractivity contribution in [1.29, 1.82) is 0 Å². The zero-order valence-corrected chi connectivity index (χ0v) is 12.5. The molecule has 3 heteroatoms. The summed E-state index contributed by atoms with van der Waals surface area (Å²) in [7, 11) is 2.09. The molecule has 112 valence electrons. The molecule has 2 aromatic carbocycles. The summed E-state index contributed by atoms with van der Waals surface area (Å²) in [5.74, 6) is 0.819. The Labute approximate surface area is 126 Å². The Morgan fingerprint density at radius 2 is 1.95 bits per heavy atom. The molecule has 0 aliphatic heterocycles. The standard InChI is InChI=1S/C18H23NO2/c1-19(16-7-4-8-16)12-17(20)13-21-18-10-9-14-5-2-3-6-15(14)11-18/h2-3,5-6,9-11,16-17,20H,4,7-8,12-13H2,1H3. The number of rotatable bonds is 6. The first kappa shape index (κ1) is 14.4. The van der Waals surface area contributed by atoms with Crippen LogP contribution in [0.2, 0.25) is 0 Å². The van der Waals surface area contributed by atoms with E-state index in [1.165, 1.54) is 24.6 Å². The highest BCUT2D eigenvalue weighted by atomic mass is 16.5. The quantitative estimate of drug-likeness (QED) is 0.885. The van der Waals surface area contributed by atoms with Crippen molar-refractivity contribution in [3.8, 4) is 5.75 Å². The van der Waals surface area contributed by atoms with Crippen LogP contribution >= 0.6 is 0 Å².